The summed E-state index contributed by atoms with van der Waals surface area (Å²) in [4.78, 5) is 67.1. The van der Waals surface area contributed by atoms with Gasteiger partial charge in [0.2, 0.25) is 0 Å². The normalized spacial score (nSPS) is 19.5. The van der Waals surface area contributed by atoms with E-state index in [1.807, 2.05) is 0 Å². The topological polar surface area (TPSA) is 169 Å². The minimum Gasteiger partial charge on any atom is -0.459 e. The van der Waals surface area contributed by atoms with Crippen LogP contribution in [0.5, 0.6) is 0 Å². The fourth-order valence-electron chi connectivity index (χ4n) is 4.43. The summed E-state index contributed by atoms with van der Waals surface area (Å²) in [6, 6.07) is 25.0. The number of ether oxygens (including phenoxy) is 4. The van der Waals surface area contributed by atoms with Crippen LogP contribution in [0.2, 0.25) is 0 Å². The molecule has 4 atom stereocenters. The van der Waals surface area contributed by atoms with Crippen LogP contribution in [0, 0.1) is 0 Å². The smallest absolute Gasteiger partial charge is 0.338 e. The van der Waals surface area contributed by atoms with Crippen LogP contribution < -0.4 is 17.0 Å². The molecule has 42 heavy (non-hydrogen) atoms. The van der Waals surface area contributed by atoms with Gasteiger partial charge in [-0.2, -0.15) is 0 Å². The lowest BCUT2D eigenvalue weighted by Gasteiger charge is -2.24. The van der Waals surface area contributed by atoms with Crippen LogP contribution in [0.25, 0.3) is 0 Å². The molecule has 5 rings (SSSR count). The van der Waals surface area contributed by atoms with Gasteiger partial charge in [-0.15, -0.1) is 0 Å². The fourth-order valence-corrected chi connectivity index (χ4v) is 4.43. The molecule has 12 nitrogen and oxygen atoms in total. The Morgan fingerprint density at radius 1 is 0.738 bits per heavy atom. The van der Waals surface area contributed by atoms with Gasteiger partial charge in [-0.05, 0) is 36.4 Å². The highest BCUT2D eigenvalue weighted by Crippen LogP contribution is 2.34. The molecule has 3 aromatic carbocycles. The predicted molar refractivity (Wildman–Crippen MR) is 148 cm³/mol. The van der Waals surface area contributed by atoms with Crippen molar-refractivity contribution in [2.45, 2.75) is 24.5 Å². The third kappa shape index (κ3) is 6.13. The quantitative estimate of drug-likeness (QED) is 0.236. The van der Waals surface area contributed by atoms with Crippen molar-refractivity contribution in [3.63, 3.8) is 0 Å². The number of carbonyl (C=O) groups is 3. The number of rotatable bonds is 8. The van der Waals surface area contributed by atoms with Crippen LogP contribution in [0.1, 0.15) is 37.3 Å². The molecule has 0 spiro atoms. The minimum absolute atomic E-state index is 0.155. The standard InChI is InChI=1S/C30H25N3O9/c31-22-16-23(34)33(30(38)32-22)26-25(42-29(37)20-14-8-3-9-15-20)24(41-28(36)19-12-6-2-7-13-19)21(40-26)17-39-27(35)18-10-4-1-5-11-18/h1-16,21,24-26H,17,31H2,(H,32,38)/t21-,24-,25-,26-/m1/s1. The molecule has 1 saturated heterocycles. The average molecular weight is 572 g/mol. The average Bonchev–Trinajstić information content (AvgIpc) is 3.32. The van der Waals surface area contributed by atoms with Gasteiger partial charge in [-0.3, -0.25) is 9.78 Å². The molecule has 0 unspecified atom stereocenters. The number of carbonyl (C=O) groups excluding carboxylic acids is 3. The Labute approximate surface area is 238 Å². The molecule has 0 saturated carbocycles. The van der Waals surface area contributed by atoms with E-state index in [4.69, 9.17) is 24.7 Å². The first-order valence-electron chi connectivity index (χ1n) is 12.8. The molecule has 0 amide bonds. The van der Waals surface area contributed by atoms with E-state index in [2.05, 4.69) is 4.98 Å². The molecular formula is C30H25N3O9. The van der Waals surface area contributed by atoms with E-state index in [-0.39, 0.29) is 22.5 Å². The van der Waals surface area contributed by atoms with E-state index in [1.54, 1.807) is 66.7 Å². The van der Waals surface area contributed by atoms with Gasteiger partial charge in [0.15, 0.2) is 18.4 Å². The lowest BCUT2D eigenvalue weighted by atomic mass is 10.1. The number of nitrogens with one attached hydrogen (secondary N) is 1. The molecule has 2 heterocycles. The number of esters is 3. The van der Waals surface area contributed by atoms with Crippen molar-refractivity contribution in [1.29, 1.82) is 0 Å². The monoisotopic (exact) mass is 571 g/mol. The summed E-state index contributed by atoms with van der Waals surface area (Å²) >= 11 is 0. The molecule has 3 N–H and O–H groups in total. The molecular weight excluding hydrogens is 546 g/mol. The zero-order chi connectivity index (χ0) is 29.6. The second-order valence-electron chi connectivity index (χ2n) is 9.24. The van der Waals surface area contributed by atoms with Crippen molar-refractivity contribution in [2.75, 3.05) is 12.3 Å². The molecule has 0 radical (unpaired) electrons. The maximum absolute atomic E-state index is 13.2. The van der Waals surface area contributed by atoms with Gasteiger partial charge in [0.25, 0.3) is 5.56 Å². The number of aromatic nitrogens is 2. The summed E-state index contributed by atoms with van der Waals surface area (Å²) < 4.78 is 23.6. The first-order chi connectivity index (χ1) is 20.3. The summed E-state index contributed by atoms with van der Waals surface area (Å²) in [6.45, 7) is -0.474. The first-order valence-corrected chi connectivity index (χ1v) is 12.8. The Hall–Kier alpha value is -5.49. The molecule has 0 aliphatic carbocycles. The van der Waals surface area contributed by atoms with Gasteiger partial charge in [-0.1, -0.05) is 54.6 Å². The van der Waals surface area contributed by atoms with E-state index >= 15 is 0 Å². The summed E-state index contributed by atoms with van der Waals surface area (Å²) in [7, 11) is 0. The van der Waals surface area contributed by atoms with Crippen molar-refractivity contribution >= 4 is 23.7 Å². The highest BCUT2D eigenvalue weighted by molar-refractivity contribution is 5.91. The van der Waals surface area contributed by atoms with Crippen LogP contribution in [0.15, 0.2) is 107 Å². The summed E-state index contributed by atoms with van der Waals surface area (Å²) in [5.74, 6) is -2.53. The zero-order valence-corrected chi connectivity index (χ0v) is 22.0. The summed E-state index contributed by atoms with van der Waals surface area (Å²) in [6.07, 6.45) is -5.77. The van der Waals surface area contributed by atoms with Crippen molar-refractivity contribution in [1.82, 2.24) is 9.55 Å². The van der Waals surface area contributed by atoms with Crippen molar-refractivity contribution < 1.29 is 33.3 Å². The Morgan fingerprint density at radius 2 is 1.21 bits per heavy atom. The zero-order valence-electron chi connectivity index (χ0n) is 22.0. The third-order valence-corrected chi connectivity index (χ3v) is 6.42. The number of nitrogens with two attached hydrogens (primary N) is 1. The Bertz CT molecular complexity index is 1660. The number of hydrogen-bond acceptors (Lipinski definition) is 10. The molecule has 1 aliphatic heterocycles. The van der Waals surface area contributed by atoms with Gasteiger partial charge in [-0.25, -0.2) is 23.7 Å². The number of aromatic amines is 1. The maximum Gasteiger partial charge on any atom is 0.338 e. The van der Waals surface area contributed by atoms with Crippen LogP contribution >= 0.6 is 0 Å². The second-order valence-corrected chi connectivity index (χ2v) is 9.24. The minimum atomic E-state index is -1.58. The number of nitrogens with zero attached hydrogens (tertiary/aromatic N) is 1. The van der Waals surface area contributed by atoms with Gasteiger partial charge in [0.1, 0.15) is 18.5 Å². The number of anilines is 1. The molecule has 0 bridgehead atoms. The molecule has 1 fully saturated rings. The Kier molecular flexibility index (Phi) is 8.25. The van der Waals surface area contributed by atoms with Crippen LogP contribution in [-0.4, -0.2) is 52.4 Å². The second kappa shape index (κ2) is 12.4. The highest BCUT2D eigenvalue weighted by atomic mass is 16.7. The predicted octanol–water partition coefficient (Wildman–Crippen LogP) is 2.32. The Balaban J connectivity index is 1.52. The van der Waals surface area contributed by atoms with E-state index in [9.17, 15) is 24.0 Å². The fraction of sp³-hybridized carbons (Fsp3) is 0.167. The maximum atomic E-state index is 13.2. The summed E-state index contributed by atoms with van der Waals surface area (Å²) in [5.41, 5.74) is 4.38. The van der Waals surface area contributed by atoms with Crippen molar-refractivity contribution in [3.05, 3.63) is 135 Å². The van der Waals surface area contributed by atoms with E-state index in [1.165, 1.54) is 24.3 Å². The van der Waals surface area contributed by atoms with E-state index < -0.39 is 60.3 Å². The van der Waals surface area contributed by atoms with Crippen molar-refractivity contribution in [2.24, 2.45) is 0 Å². The van der Waals surface area contributed by atoms with Gasteiger partial charge in [0, 0.05) is 6.07 Å². The number of hydrogen-bond donors (Lipinski definition) is 2. The lowest BCUT2D eigenvalue weighted by Crippen LogP contribution is -2.45. The SMILES string of the molecule is Nc1cc(=O)n([C@@H]2O[C@H](COC(=O)c3ccccc3)[C@@H](OC(=O)c3ccccc3)[C@H]2OC(=O)c2ccccc2)c(=O)[nH]1. The summed E-state index contributed by atoms with van der Waals surface area (Å²) in [5, 5.41) is 0. The molecule has 1 aromatic heterocycles. The highest BCUT2D eigenvalue weighted by Gasteiger charge is 2.52. The largest absolute Gasteiger partial charge is 0.459 e. The van der Waals surface area contributed by atoms with Gasteiger partial charge < -0.3 is 24.7 Å². The van der Waals surface area contributed by atoms with Gasteiger partial charge in [0.05, 0.1) is 16.7 Å². The molecule has 1 aliphatic rings. The number of H-pyrrole nitrogens is 1. The molecule has 4 aromatic rings. The number of benzene rings is 3. The van der Waals surface area contributed by atoms with Crippen LogP contribution in [0.4, 0.5) is 5.82 Å². The van der Waals surface area contributed by atoms with E-state index in [0.29, 0.717) is 4.57 Å². The van der Waals surface area contributed by atoms with Crippen molar-refractivity contribution in [3.8, 4) is 0 Å². The molecule has 12 heteroatoms. The van der Waals surface area contributed by atoms with Crippen LogP contribution in [-0.2, 0) is 18.9 Å². The molecule has 214 valence electrons. The van der Waals surface area contributed by atoms with Crippen LogP contribution in [0.3, 0.4) is 0 Å². The van der Waals surface area contributed by atoms with Gasteiger partial charge >= 0.3 is 23.6 Å². The van der Waals surface area contributed by atoms with E-state index in [0.717, 1.165) is 6.07 Å². The number of nitrogen functional groups attached to an aromatic ring is 1. The lowest BCUT2D eigenvalue weighted by molar-refractivity contribution is -0.0652. The first kappa shape index (κ1) is 28.1. The Morgan fingerprint density at radius 3 is 1.71 bits per heavy atom. The third-order valence-electron chi connectivity index (χ3n) is 6.42.